The van der Waals surface area contributed by atoms with Gasteiger partial charge in [-0.05, 0) is 90.4 Å². The SMILES string of the molecule is C=CCN(C)[C@@H]1C[C@H](C)O[C@H](O[C@@H]2[C@@H](C)[C@H](OC(=O)Cc3ccccn3)[C@@H](C)C(=O)O[C@H](CC)[C@@]3(C)OC(=O)N(CCCCn4cnc(-c5ccsc5)c4)[C@@H]3[C@@H](C)C(=O)[C@H](C)C[C@@]2(C)OC)[C@H]1O. The third kappa shape index (κ3) is 11.7. The van der Waals surface area contributed by atoms with Gasteiger partial charge in [-0.2, -0.15) is 11.3 Å². The number of cyclic esters (lactones) is 1. The van der Waals surface area contributed by atoms with E-state index in [0.717, 1.165) is 11.3 Å². The number of pyridine rings is 1. The number of imidazole rings is 1. The Morgan fingerprint density at radius 2 is 1.82 bits per heavy atom. The highest BCUT2D eigenvalue weighted by molar-refractivity contribution is 7.08. The number of rotatable bonds is 16. The molecular formula is C51H73N5O11S. The minimum atomic E-state index is -1.44. The quantitative estimate of drug-likeness (QED) is 0.0663. The molecule has 3 aliphatic rings. The monoisotopic (exact) mass is 964 g/mol. The number of ketones is 1. The number of Topliss-reactive ketones (excluding diaryl/α,β-unsaturated/α-hetero) is 1. The Hall–Kier alpha value is -4.52. The number of aryl methyl sites for hydroxylation is 1. The van der Waals surface area contributed by atoms with Crippen LogP contribution in [0, 0.1) is 23.7 Å². The van der Waals surface area contributed by atoms with E-state index < -0.39 is 89.7 Å². The highest BCUT2D eigenvalue weighted by atomic mass is 32.1. The summed E-state index contributed by atoms with van der Waals surface area (Å²) in [7, 11) is 3.42. The van der Waals surface area contributed by atoms with Gasteiger partial charge >= 0.3 is 18.0 Å². The topological polar surface area (TPSA) is 181 Å². The predicted octanol–water partition coefficient (Wildman–Crippen LogP) is 7.13. The van der Waals surface area contributed by atoms with Crippen LogP contribution in [0.4, 0.5) is 4.79 Å². The molecule has 3 saturated heterocycles. The maximum Gasteiger partial charge on any atom is 0.410 e. The van der Waals surface area contributed by atoms with Crippen molar-refractivity contribution in [3.8, 4) is 11.3 Å². The number of hydrogen-bond donors (Lipinski definition) is 1. The van der Waals surface area contributed by atoms with E-state index in [1.54, 1.807) is 73.8 Å². The molecule has 0 aromatic carbocycles. The summed E-state index contributed by atoms with van der Waals surface area (Å²) in [5.74, 6) is -4.88. The summed E-state index contributed by atoms with van der Waals surface area (Å²) in [6.07, 6.45) is 2.73. The lowest BCUT2D eigenvalue weighted by atomic mass is 9.73. The highest BCUT2D eigenvalue weighted by Gasteiger charge is 2.60. The van der Waals surface area contributed by atoms with Crippen molar-refractivity contribution in [1.29, 1.82) is 0 Å². The number of methoxy groups -OCH3 is 1. The second kappa shape index (κ2) is 22.9. The first-order chi connectivity index (χ1) is 32.3. The number of nitrogens with zero attached hydrogens (tertiary/aromatic N) is 5. The summed E-state index contributed by atoms with van der Waals surface area (Å²) in [5, 5.41) is 16.0. The first-order valence-corrected chi connectivity index (χ1v) is 25.0. The van der Waals surface area contributed by atoms with Gasteiger partial charge < -0.3 is 43.0 Å². The van der Waals surface area contributed by atoms with Crippen LogP contribution in [0.15, 0.2) is 66.4 Å². The van der Waals surface area contributed by atoms with Crippen molar-refractivity contribution in [3.63, 3.8) is 0 Å². The van der Waals surface area contributed by atoms with E-state index >= 15 is 4.79 Å². The van der Waals surface area contributed by atoms with E-state index in [-0.39, 0.29) is 37.2 Å². The van der Waals surface area contributed by atoms with Crippen molar-refractivity contribution >= 4 is 35.2 Å². The molecule has 0 spiro atoms. The van der Waals surface area contributed by atoms with Crippen molar-refractivity contribution in [3.05, 3.63) is 72.1 Å². The van der Waals surface area contributed by atoms with E-state index in [4.69, 9.17) is 28.4 Å². The Labute approximate surface area is 405 Å². The van der Waals surface area contributed by atoms with Crippen molar-refractivity contribution in [1.82, 2.24) is 24.3 Å². The summed E-state index contributed by atoms with van der Waals surface area (Å²) >= 11 is 1.61. The number of fused-ring (bicyclic) bond motifs is 1. The summed E-state index contributed by atoms with van der Waals surface area (Å²) in [5.41, 5.74) is -0.326. The van der Waals surface area contributed by atoms with Crippen LogP contribution in [0.25, 0.3) is 11.3 Å². The minimum absolute atomic E-state index is 0.112. The number of amides is 1. The molecule has 68 heavy (non-hydrogen) atoms. The lowest BCUT2D eigenvalue weighted by molar-refractivity contribution is -0.302. The van der Waals surface area contributed by atoms with Crippen LogP contribution in [0.3, 0.4) is 0 Å². The zero-order valence-electron chi connectivity index (χ0n) is 41.4. The van der Waals surface area contributed by atoms with Crippen LogP contribution in [-0.4, -0.2) is 141 Å². The van der Waals surface area contributed by atoms with Gasteiger partial charge in [-0.15, -0.1) is 6.58 Å². The number of aliphatic hydroxyl groups is 1. The molecule has 0 aliphatic carbocycles. The Balaban J connectivity index is 1.35. The van der Waals surface area contributed by atoms with E-state index in [2.05, 4.69) is 21.9 Å². The zero-order chi connectivity index (χ0) is 49.5. The fourth-order valence-electron chi connectivity index (χ4n) is 10.8. The van der Waals surface area contributed by atoms with E-state index in [0.29, 0.717) is 44.6 Å². The Bertz CT molecular complexity index is 2160. The van der Waals surface area contributed by atoms with Crippen LogP contribution in [0.1, 0.15) is 93.2 Å². The molecule has 3 aromatic rings. The number of thiophene rings is 1. The third-order valence-electron chi connectivity index (χ3n) is 14.5. The normalized spacial score (nSPS) is 33.9. The molecule has 374 valence electrons. The van der Waals surface area contributed by atoms with Gasteiger partial charge in [0.05, 0.1) is 53.9 Å². The number of carbonyl (C=O) groups excluding carboxylic acids is 4. The van der Waals surface area contributed by atoms with Crippen molar-refractivity contribution in [2.75, 3.05) is 27.2 Å². The molecule has 3 aliphatic heterocycles. The molecular weight excluding hydrogens is 891 g/mol. The molecule has 3 aromatic heterocycles. The number of ether oxygens (including phenoxy) is 6. The summed E-state index contributed by atoms with van der Waals surface area (Å²) in [4.78, 5) is 70.4. The third-order valence-corrected chi connectivity index (χ3v) is 15.2. The van der Waals surface area contributed by atoms with Crippen molar-refractivity contribution in [2.45, 2.75) is 161 Å². The largest absolute Gasteiger partial charge is 0.461 e. The maximum absolute atomic E-state index is 15.1. The molecule has 14 atom stereocenters. The number of aliphatic hydroxyl groups excluding tert-OH is 1. The van der Waals surface area contributed by atoms with E-state index in [9.17, 15) is 19.5 Å². The van der Waals surface area contributed by atoms with Gasteiger partial charge in [-0.25, -0.2) is 9.78 Å². The molecule has 1 N–H and O–H groups in total. The smallest absolute Gasteiger partial charge is 0.410 e. The highest BCUT2D eigenvalue weighted by Crippen LogP contribution is 2.44. The van der Waals surface area contributed by atoms with Gasteiger partial charge in [0.1, 0.15) is 24.1 Å². The second-order valence-corrected chi connectivity index (χ2v) is 20.3. The molecule has 1 amide bonds. The first-order valence-electron chi connectivity index (χ1n) is 24.1. The lowest BCUT2D eigenvalue weighted by Gasteiger charge is -2.48. The maximum atomic E-state index is 15.1. The zero-order valence-corrected chi connectivity index (χ0v) is 42.3. The minimum Gasteiger partial charge on any atom is -0.461 e. The van der Waals surface area contributed by atoms with Crippen LogP contribution in [0.2, 0.25) is 0 Å². The molecule has 6 heterocycles. The average molecular weight is 964 g/mol. The molecule has 16 nitrogen and oxygen atoms in total. The van der Waals surface area contributed by atoms with Crippen LogP contribution in [-0.2, 0) is 55.8 Å². The number of unbranched alkanes of at least 4 members (excludes halogenated alkanes) is 1. The molecule has 0 radical (unpaired) electrons. The standard InChI is InChI=1S/C51H73N5O11S/c1-12-21-54(10)39-25-32(4)63-48(43(39)59)66-46-34(6)44(65-41(57)26-37-18-14-15-20-52-37)35(7)47(60)64-40(13-2)51(9)45(33(5)42(58)31(3)27-50(46,8)62-11)56(49(61)67-51)23-17-16-22-55-28-38(53-30-55)36-19-24-68-29-36/h12,14-15,18-20,24,28-35,39-40,43-46,48,59H,1,13,16-17,21-23,25-27H2,2-11H3/t31-,32+,33+,34+,35-,39-,40-,43+,44+,45-,46-,48-,50-,51-/m1/s1. The summed E-state index contributed by atoms with van der Waals surface area (Å²) < 4.78 is 40.8. The van der Waals surface area contributed by atoms with Gasteiger partial charge in [0.15, 0.2) is 11.9 Å². The first kappa shape index (κ1) is 52.8. The molecule has 0 saturated carbocycles. The van der Waals surface area contributed by atoms with Crippen molar-refractivity contribution < 1.29 is 52.7 Å². The van der Waals surface area contributed by atoms with Crippen molar-refractivity contribution in [2.24, 2.45) is 23.7 Å². The van der Waals surface area contributed by atoms with Gasteiger partial charge in [0.2, 0.25) is 0 Å². The molecule has 17 heteroatoms. The van der Waals surface area contributed by atoms with E-state index in [1.165, 1.54) is 7.11 Å². The van der Waals surface area contributed by atoms with Gasteiger partial charge in [0, 0.05) is 73.9 Å². The second-order valence-electron chi connectivity index (χ2n) is 19.5. The van der Waals surface area contributed by atoms with Crippen LogP contribution >= 0.6 is 11.3 Å². The van der Waals surface area contributed by atoms with Gasteiger partial charge in [-0.3, -0.25) is 24.3 Å². The molecule has 6 rings (SSSR count). The molecule has 0 unspecified atom stereocenters. The fourth-order valence-corrected chi connectivity index (χ4v) is 11.4. The number of esters is 2. The number of likely N-dealkylation sites (N-methyl/N-ethyl adjacent to an activating group) is 1. The Morgan fingerprint density at radius 3 is 2.49 bits per heavy atom. The van der Waals surface area contributed by atoms with E-state index in [1.807, 2.05) is 68.8 Å². The van der Waals surface area contributed by atoms with Crippen LogP contribution < -0.4 is 0 Å². The number of hydrogen-bond acceptors (Lipinski definition) is 15. The Morgan fingerprint density at radius 1 is 1.07 bits per heavy atom. The number of aromatic nitrogens is 3. The average Bonchev–Trinajstić information content (AvgIpc) is 4.08. The van der Waals surface area contributed by atoms with Gasteiger partial charge in [-0.1, -0.05) is 39.8 Å². The van der Waals surface area contributed by atoms with Crippen LogP contribution in [0.5, 0.6) is 0 Å². The Kier molecular flexibility index (Phi) is 17.8. The molecule has 3 fully saturated rings. The summed E-state index contributed by atoms with van der Waals surface area (Å²) in [6.45, 7) is 19.7. The lowest BCUT2D eigenvalue weighted by Crippen LogP contribution is -2.61. The summed E-state index contributed by atoms with van der Waals surface area (Å²) in [6, 6.07) is 6.08. The predicted molar refractivity (Wildman–Crippen MR) is 256 cm³/mol. The number of carbonyl (C=O) groups is 4. The van der Waals surface area contributed by atoms with Gasteiger partial charge in [0.25, 0.3) is 0 Å². The fraction of sp³-hybridized carbons (Fsp3) is 0.647. The molecule has 0 bridgehead atoms.